The predicted octanol–water partition coefficient (Wildman–Crippen LogP) is 2.58. The maximum absolute atomic E-state index is 13.5. The van der Waals surface area contributed by atoms with Gasteiger partial charge in [-0.3, -0.25) is 9.59 Å². The summed E-state index contributed by atoms with van der Waals surface area (Å²) in [6.45, 7) is 12.2. The Bertz CT molecular complexity index is 1310. The van der Waals surface area contributed by atoms with Crippen molar-refractivity contribution in [2.24, 2.45) is 34.0 Å². The maximum Gasteiger partial charge on any atom is 0.491 e. The summed E-state index contributed by atoms with van der Waals surface area (Å²) in [5.74, 6) is -2.14. The second-order valence-corrected chi connectivity index (χ2v) is 14.8. The molecular weight excluding hydrogens is 519 g/mol. The van der Waals surface area contributed by atoms with Gasteiger partial charge in [-0.2, -0.15) is 0 Å². The standard InChI is InChI=1S/C29H39BO8S/c1-6-27(4)14-23(28(5)17(2)9-11-29(18(3)26(27)33)12-10-22(31)25(28)29)38-24(32)16-39(35,36)20-8-7-19-15-37-30(34)21(19)13-20/h6-8,13,17-18,23,25-26,33-34H,1,9-12,14-16H2,2-5H3/t17-,18+,23-,25+,26+,27-,28+,29+/m1/s1. The number of carbonyl (C=O) groups is 2. The van der Waals surface area contributed by atoms with Crippen molar-refractivity contribution in [3.05, 3.63) is 36.4 Å². The van der Waals surface area contributed by atoms with E-state index in [9.17, 15) is 28.1 Å². The number of aliphatic hydroxyl groups excluding tert-OH is 1. The molecule has 2 N–H and O–H groups in total. The van der Waals surface area contributed by atoms with Crippen molar-refractivity contribution in [1.82, 2.24) is 0 Å². The van der Waals surface area contributed by atoms with Crippen LogP contribution in [0, 0.1) is 34.0 Å². The van der Waals surface area contributed by atoms with Crippen LogP contribution >= 0.6 is 0 Å². The molecule has 212 valence electrons. The van der Waals surface area contributed by atoms with Crippen molar-refractivity contribution < 1.29 is 37.5 Å². The molecule has 5 rings (SSSR count). The van der Waals surface area contributed by atoms with E-state index in [1.807, 2.05) is 20.8 Å². The number of Topliss-reactive ketones (excluding diaryl/α,β-unsaturated/α-hetero) is 1. The van der Waals surface area contributed by atoms with E-state index in [2.05, 4.69) is 13.5 Å². The second-order valence-electron chi connectivity index (χ2n) is 12.8. The lowest BCUT2D eigenvalue weighted by molar-refractivity contribution is -0.205. The lowest BCUT2D eigenvalue weighted by Crippen LogP contribution is -2.63. The Morgan fingerprint density at radius 1 is 1.28 bits per heavy atom. The van der Waals surface area contributed by atoms with Gasteiger partial charge in [0.1, 0.15) is 11.9 Å². The molecule has 3 aliphatic carbocycles. The minimum Gasteiger partial charge on any atom is -0.461 e. The molecule has 8 atom stereocenters. The van der Waals surface area contributed by atoms with Crippen LogP contribution in [-0.2, 0) is 35.4 Å². The minimum absolute atomic E-state index is 0.0433. The van der Waals surface area contributed by atoms with Gasteiger partial charge in [-0.25, -0.2) is 8.42 Å². The fraction of sp³-hybridized carbons (Fsp3) is 0.655. The van der Waals surface area contributed by atoms with Crippen LogP contribution in [0.25, 0.3) is 0 Å². The third-order valence-electron chi connectivity index (χ3n) is 11.0. The molecule has 0 spiro atoms. The Morgan fingerprint density at radius 2 is 2.00 bits per heavy atom. The Kier molecular flexibility index (Phi) is 6.97. The first-order valence-electron chi connectivity index (χ1n) is 13.9. The molecule has 0 unspecified atom stereocenters. The second kappa shape index (κ2) is 9.53. The van der Waals surface area contributed by atoms with E-state index in [1.165, 1.54) is 12.1 Å². The monoisotopic (exact) mass is 558 g/mol. The molecule has 1 aliphatic heterocycles. The third-order valence-corrected chi connectivity index (χ3v) is 12.6. The summed E-state index contributed by atoms with van der Waals surface area (Å²) in [6, 6.07) is 4.32. The van der Waals surface area contributed by atoms with Crippen molar-refractivity contribution in [2.75, 3.05) is 5.75 Å². The highest BCUT2D eigenvalue weighted by atomic mass is 32.2. The maximum atomic E-state index is 13.5. The first-order chi connectivity index (χ1) is 18.2. The van der Waals surface area contributed by atoms with E-state index < -0.39 is 57.1 Å². The van der Waals surface area contributed by atoms with E-state index in [4.69, 9.17) is 9.39 Å². The molecule has 4 aliphatic rings. The molecule has 2 bridgehead atoms. The van der Waals surface area contributed by atoms with Crippen molar-refractivity contribution in [3.63, 3.8) is 0 Å². The Labute approximate surface area is 231 Å². The summed E-state index contributed by atoms with van der Waals surface area (Å²) >= 11 is 0. The molecule has 0 radical (unpaired) electrons. The van der Waals surface area contributed by atoms with Gasteiger partial charge in [0.2, 0.25) is 0 Å². The van der Waals surface area contributed by atoms with Gasteiger partial charge in [0.25, 0.3) is 0 Å². The topological polar surface area (TPSA) is 127 Å². The fourth-order valence-electron chi connectivity index (χ4n) is 8.32. The van der Waals surface area contributed by atoms with Gasteiger partial charge in [0, 0.05) is 23.2 Å². The van der Waals surface area contributed by atoms with Crippen LogP contribution in [0.3, 0.4) is 0 Å². The normalized spacial score (nSPS) is 39.9. The van der Waals surface area contributed by atoms with E-state index in [-0.39, 0.29) is 41.5 Å². The Hall–Kier alpha value is -2.01. The van der Waals surface area contributed by atoms with Crippen molar-refractivity contribution in [1.29, 1.82) is 0 Å². The number of rotatable bonds is 5. The lowest BCUT2D eigenvalue weighted by atomic mass is 9.44. The summed E-state index contributed by atoms with van der Waals surface area (Å²) in [7, 11) is -5.30. The van der Waals surface area contributed by atoms with E-state index >= 15 is 0 Å². The molecule has 0 amide bonds. The summed E-state index contributed by atoms with van der Waals surface area (Å²) in [5, 5.41) is 21.6. The predicted molar refractivity (Wildman–Crippen MR) is 146 cm³/mol. The average Bonchev–Trinajstić information content (AvgIpc) is 3.44. The van der Waals surface area contributed by atoms with Crippen LogP contribution in [0.1, 0.15) is 65.4 Å². The van der Waals surface area contributed by atoms with Crippen molar-refractivity contribution in [3.8, 4) is 0 Å². The number of ketones is 1. The van der Waals surface area contributed by atoms with Crippen molar-refractivity contribution in [2.45, 2.75) is 83.5 Å². The number of sulfone groups is 1. The first-order valence-corrected chi connectivity index (χ1v) is 15.5. The first kappa shape index (κ1) is 28.5. The van der Waals surface area contributed by atoms with Gasteiger partial charge in [0.05, 0.1) is 17.6 Å². The molecule has 39 heavy (non-hydrogen) atoms. The Morgan fingerprint density at radius 3 is 2.69 bits per heavy atom. The number of esters is 1. The summed E-state index contributed by atoms with van der Waals surface area (Å²) < 4.78 is 37.7. The highest BCUT2D eigenvalue weighted by Crippen LogP contribution is 2.68. The van der Waals surface area contributed by atoms with Crippen LogP contribution in [0.2, 0.25) is 0 Å². The highest BCUT2D eigenvalue weighted by molar-refractivity contribution is 7.92. The van der Waals surface area contributed by atoms with E-state index in [0.29, 0.717) is 23.9 Å². The smallest absolute Gasteiger partial charge is 0.461 e. The number of hydrogen-bond donors (Lipinski definition) is 2. The molecule has 3 fully saturated rings. The number of carbonyl (C=O) groups excluding carboxylic acids is 2. The van der Waals surface area contributed by atoms with Crippen LogP contribution in [0.5, 0.6) is 0 Å². The quantitative estimate of drug-likeness (QED) is 0.321. The molecule has 3 saturated carbocycles. The van der Waals surface area contributed by atoms with Gasteiger partial charge in [-0.1, -0.05) is 39.8 Å². The number of fused-ring (bicyclic) bond motifs is 1. The molecule has 8 nitrogen and oxygen atoms in total. The molecule has 1 aromatic carbocycles. The zero-order valence-corrected chi connectivity index (χ0v) is 24.0. The molecule has 1 heterocycles. The largest absolute Gasteiger partial charge is 0.491 e. The molecule has 1 aromatic rings. The molecule has 0 aromatic heterocycles. The van der Waals surface area contributed by atoms with Crippen LogP contribution in [-0.4, -0.2) is 55.4 Å². The van der Waals surface area contributed by atoms with E-state index in [1.54, 1.807) is 12.1 Å². The zero-order valence-electron chi connectivity index (χ0n) is 23.2. The summed E-state index contributed by atoms with van der Waals surface area (Å²) in [6.07, 6.45) is 3.11. The van der Waals surface area contributed by atoms with Gasteiger partial charge in [0.15, 0.2) is 15.6 Å². The highest BCUT2D eigenvalue weighted by Gasteiger charge is 2.68. The zero-order chi connectivity index (χ0) is 28.5. The van der Waals surface area contributed by atoms with Crippen LogP contribution in [0.15, 0.2) is 35.7 Å². The number of benzene rings is 1. The van der Waals surface area contributed by atoms with Gasteiger partial charge in [-0.05, 0) is 66.1 Å². The lowest BCUT2D eigenvalue weighted by Gasteiger charge is -2.61. The molecule has 10 heteroatoms. The van der Waals surface area contributed by atoms with Crippen molar-refractivity contribution >= 4 is 34.2 Å². The SMILES string of the molecule is C=C[C@]1(C)C[C@@H](OC(=O)CS(=O)(=O)c2ccc3c(c2)B(O)OC3)[C@]2(C)[C@H](C)CC[C@]3(CCC(=O)[C@H]32)[C@@H](C)[C@@H]1O. The summed E-state index contributed by atoms with van der Waals surface area (Å²) in [5.41, 5.74) is -0.875. The average molecular weight is 559 g/mol. The van der Waals surface area contributed by atoms with Crippen LogP contribution < -0.4 is 5.46 Å². The van der Waals surface area contributed by atoms with Gasteiger partial charge in [-0.15, -0.1) is 6.58 Å². The number of aliphatic hydroxyl groups is 1. The fourth-order valence-corrected chi connectivity index (χ4v) is 9.45. The van der Waals surface area contributed by atoms with Gasteiger partial charge < -0.3 is 19.5 Å². The number of hydrogen-bond acceptors (Lipinski definition) is 8. The molecular formula is C29H39BO8S. The van der Waals surface area contributed by atoms with Gasteiger partial charge >= 0.3 is 13.1 Å². The molecule has 0 saturated heterocycles. The number of ether oxygens (including phenoxy) is 1. The summed E-state index contributed by atoms with van der Waals surface area (Å²) in [4.78, 5) is 26.8. The third kappa shape index (κ3) is 4.24. The van der Waals surface area contributed by atoms with E-state index in [0.717, 1.165) is 12.8 Å². The van der Waals surface area contributed by atoms with Crippen LogP contribution in [0.4, 0.5) is 0 Å². The Balaban J connectivity index is 1.49. The minimum atomic E-state index is -4.09.